The Morgan fingerprint density at radius 2 is 1.67 bits per heavy atom. The molecule has 1 saturated heterocycles. The molecule has 2 aliphatic heterocycles. The molecule has 2 aliphatic rings. The molecule has 3 heterocycles. The minimum Gasteiger partial charge on any atom is -0.494 e. The number of amides is 1. The lowest BCUT2D eigenvalue weighted by molar-refractivity contribution is -0.109. The molecule has 3 aromatic carbocycles. The molecule has 4 aromatic rings. The highest BCUT2D eigenvalue weighted by atomic mass is 35.5. The van der Waals surface area contributed by atoms with Crippen LogP contribution in [0.2, 0.25) is 10.0 Å². The number of fused-ring (bicyclic) bond motifs is 1. The number of carbonyl (C=O) groups is 2. The van der Waals surface area contributed by atoms with Crippen molar-refractivity contribution in [1.29, 1.82) is 0 Å². The van der Waals surface area contributed by atoms with Crippen LogP contribution in [-0.2, 0) is 18.4 Å². The molecule has 0 radical (unpaired) electrons. The van der Waals surface area contributed by atoms with E-state index in [1.54, 1.807) is 0 Å². The van der Waals surface area contributed by atoms with Gasteiger partial charge in [0.05, 0.1) is 18.2 Å². The summed E-state index contributed by atoms with van der Waals surface area (Å²) in [7, 11) is 5.00. The fraction of sp³-hybridized carbons (Fsp3) is 0.457. The van der Waals surface area contributed by atoms with Gasteiger partial charge in [-0.2, -0.15) is 5.10 Å². The third-order valence-corrected chi connectivity index (χ3v) is 11.8. The number of hydrazone groups is 1. The molecule has 10 nitrogen and oxygen atoms in total. The van der Waals surface area contributed by atoms with Crippen molar-refractivity contribution in [2.75, 3.05) is 52.3 Å². The first-order chi connectivity index (χ1) is 28.0. The Kier molecular flexibility index (Phi) is 17.7. The van der Waals surface area contributed by atoms with Crippen molar-refractivity contribution in [3.8, 4) is 5.75 Å². The summed E-state index contributed by atoms with van der Waals surface area (Å²) >= 11 is 13.6. The van der Waals surface area contributed by atoms with Crippen LogP contribution in [0, 0.1) is 13.8 Å². The number of allylic oxidation sites excluding steroid dienone is 1. The van der Waals surface area contributed by atoms with Crippen LogP contribution in [0.5, 0.6) is 5.75 Å². The number of aliphatic hydroxyl groups is 1. The second-order valence-electron chi connectivity index (χ2n) is 14.8. The number of ether oxygens (including phenoxy) is 1. The number of hydrogen-bond donors (Lipinski definition) is 3. The largest absolute Gasteiger partial charge is 0.494 e. The van der Waals surface area contributed by atoms with Crippen LogP contribution >= 0.6 is 23.2 Å². The van der Waals surface area contributed by atoms with Crippen molar-refractivity contribution < 1.29 is 19.4 Å². The van der Waals surface area contributed by atoms with Gasteiger partial charge in [-0.15, -0.1) is 0 Å². The number of likely N-dealkylation sites (N-methyl/N-ethyl adjacent to an activating group) is 1. The van der Waals surface area contributed by atoms with Crippen molar-refractivity contribution in [3.05, 3.63) is 91.6 Å². The van der Waals surface area contributed by atoms with Gasteiger partial charge in [-0.1, -0.05) is 43.1 Å². The van der Waals surface area contributed by atoms with Crippen molar-refractivity contribution in [3.63, 3.8) is 0 Å². The highest BCUT2D eigenvalue weighted by molar-refractivity contribution is 6.32. The molecule has 6 rings (SSSR count). The number of benzene rings is 3. The van der Waals surface area contributed by atoms with Gasteiger partial charge in [-0.3, -0.25) is 19.5 Å². The normalized spacial score (nSPS) is 16.7. The van der Waals surface area contributed by atoms with Crippen molar-refractivity contribution >= 4 is 69.8 Å². The highest BCUT2D eigenvalue weighted by Gasteiger charge is 2.35. The van der Waals surface area contributed by atoms with Gasteiger partial charge in [-0.05, 0) is 131 Å². The SMILES string of the molecule is CC.CC1=NN(C)C(C)C1c1c(Cl)ccc(/C(=C/c2cc(CN3CCCC3)cc3c(C=O)cn(C)c23)CCCOc2cc(C)c(Cl)c(C)c2)c1NCCNC=O.CO. The summed E-state index contributed by atoms with van der Waals surface area (Å²) in [5.41, 5.74) is 10.9. The Balaban J connectivity index is 0.00000180. The molecule has 0 aliphatic carbocycles. The third kappa shape index (κ3) is 10.8. The number of likely N-dealkylation sites (tertiary alicyclic amines) is 1. The van der Waals surface area contributed by atoms with E-state index >= 15 is 0 Å². The van der Waals surface area contributed by atoms with Crippen LogP contribution in [0.15, 0.2) is 47.7 Å². The van der Waals surface area contributed by atoms with Gasteiger partial charge in [0.2, 0.25) is 6.41 Å². The van der Waals surface area contributed by atoms with Crippen LogP contribution in [0.4, 0.5) is 5.69 Å². The molecular weight excluding hydrogens is 771 g/mol. The van der Waals surface area contributed by atoms with E-state index in [1.165, 1.54) is 18.4 Å². The van der Waals surface area contributed by atoms with Gasteiger partial charge in [0, 0.05) is 96.5 Å². The summed E-state index contributed by atoms with van der Waals surface area (Å²) in [6, 6.07) is 12.6. The smallest absolute Gasteiger partial charge is 0.207 e. The molecule has 2 atom stereocenters. The summed E-state index contributed by atoms with van der Waals surface area (Å²) in [6.07, 6.45) is 9.73. The molecule has 58 heavy (non-hydrogen) atoms. The third-order valence-electron chi connectivity index (χ3n) is 10.9. The van der Waals surface area contributed by atoms with E-state index in [0.717, 1.165) is 112 Å². The molecule has 1 fully saturated rings. The van der Waals surface area contributed by atoms with E-state index in [0.29, 0.717) is 36.7 Å². The number of aromatic nitrogens is 1. The number of aliphatic hydroxyl groups excluding tert-OH is 1. The molecule has 3 N–H and O–H groups in total. The van der Waals surface area contributed by atoms with E-state index < -0.39 is 0 Å². The second kappa shape index (κ2) is 22.1. The van der Waals surface area contributed by atoms with E-state index in [4.69, 9.17) is 38.1 Å². The minimum atomic E-state index is -0.0385. The van der Waals surface area contributed by atoms with Gasteiger partial charge >= 0.3 is 0 Å². The number of hydrogen-bond acceptors (Lipinski definition) is 8. The average Bonchev–Trinajstić information content (AvgIpc) is 3.92. The van der Waals surface area contributed by atoms with Crippen LogP contribution in [0.3, 0.4) is 0 Å². The summed E-state index contributed by atoms with van der Waals surface area (Å²) in [4.78, 5) is 26.0. The number of aryl methyl sites for hydroxylation is 3. The zero-order valence-corrected chi connectivity index (χ0v) is 37.2. The molecule has 0 spiro atoms. The zero-order valence-electron chi connectivity index (χ0n) is 35.7. The first-order valence-corrected chi connectivity index (χ1v) is 21.1. The van der Waals surface area contributed by atoms with Crippen LogP contribution in [0.25, 0.3) is 22.6 Å². The maximum absolute atomic E-state index is 12.3. The van der Waals surface area contributed by atoms with Crippen LogP contribution < -0.4 is 15.4 Å². The Morgan fingerprint density at radius 3 is 2.29 bits per heavy atom. The lowest BCUT2D eigenvalue weighted by Gasteiger charge is -2.27. The molecule has 1 aromatic heterocycles. The number of aldehydes is 1. The molecule has 314 valence electrons. The first kappa shape index (κ1) is 46.3. The Bertz CT molecular complexity index is 2070. The van der Waals surface area contributed by atoms with Crippen LogP contribution in [0.1, 0.15) is 103 Å². The summed E-state index contributed by atoms with van der Waals surface area (Å²) in [5, 5.41) is 22.7. The molecule has 0 saturated carbocycles. The quantitative estimate of drug-likeness (QED) is 0.0586. The maximum atomic E-state index is 12.3. The molecule has 1 amide bonds. The fourth-order valence-electron chi connectivity index (χ4n) is 8.18. The monoisotopic (exact) mass is 832 g/mol. The van der Waals surface area contributed by atoms with Gasteiger partial charge in [0.1, 0.15) is 5.75 Å². The molecule has 12 heteroatoms. The van der Waals surface area contributed by atoms with E-state index in [2.05, 4.69) is 58.2 Å². The summed E-state index contributed by atoms with van der Waals surface area (Å²) in [6.45, 7) is 16.7. The van der Waals surface area contributed by atoms with E-state index in [1.807, 2.05) is 71.2 Å². The maximum Gasteiger partial charge on any atom is 0.207 e. The average molecular weight is 834 g/mol. The van der Waals surface area contributed by atoms with Gasteiger partial charge in [0.15, 0.2) is 6.29 Å². The number of rotatable bonds is 16. The van der Waals surface area contributed by atoms with E-state index in [-0.39, 0.29) is 12.0 Å². The summed E-state index contributed by atoms with van der Waals surface area (Å²) in [5.74, 6) is 0.762. The van der Waals surface area contributed by atoms with Crippen molar-refractivity contribution in [2.24, 2.45) is 12.1 Å². The standard InChI is InChI=1S/C43H52Cl2N6O3.C2H6.CH4O/c1-27-18-35(19-28(2)41(27)45)54-17-9-10-32(22-33-20-31(23-51-15-7-8-16-51)21-37-34(25-52)24-49(5)43(33)37)36-11-12-38(44)40(42(36)47-14-13-46-26-53)39-29(3)48-50(6)30(39)4;2*1-2/h11-12,18-22,24-26,30,39,47H,7-10,13-17,23H2,1-6H3,(H,46,53);1-2H3;2H,1H3/b32-22+;;. The number of nitrogens with zero attached hydrogens (tertiary/aromatic N) is 4. The molecule has 0 bridgehead atoms. The number of carbonyl (C=O) groups excluding carboxylic acids is 2. The Labute approximate surface area is 355 Å². The van der Waals surface area contributed by atoms with Crippen molar-refractivity contribution in [1.82, 2.24) is 19.8 Å². The number of anilines is 1. The summed E-state index contributed by atoms with van der Waals surface area (Å²) < 4.78 is 8.37. The van der Waals surface area contributed by atoms with E-state index in [9.17, 15) is 9.59 Å². The fourth-order valence-corrected chi connectivity index (χ4v) is 8.56. The minimum absolute atomic E-state index is 0.0385. The van der Waals surface area contributed by atoms with Crippen molar-refractivity contribution in [2.45, 2.75) is 85.7 Å². The Hall–Kier alpha value is -4.35. The number of halogens is 2. The van der Waals surface area contributed by atoms with Crippen LogP contribution in [-0.4, -0.2) is 91.0 Å². The van der Waals surface area contributed by atoms with Gasteiger partial charge < -0.3 is 25.0 Å². The van der Waals surface area contributed by atoms with Gasteiger partial charge in [0.25, 0.3) is 0 Å². The number of nitrogens with one attached hydrogen (secondary N) is 2. The lowest BCUT2D eigenvalue weighted by Crippen LogP contribution is -2.28. The topological polar surface area (TPSA) is 111 Å². The van der Waals surface area contributed by atoms with Gasteiger partial charge in [-0.25, -0.2) is 0 Å². The lowest BCUT2D eigenvalue weighted by atomic mass is 9.84. The molecule has 2 unspecified atom stereocenters. The molecular formula is C46H62Cl2N6O4. The highest BCUT2D eigenvalue weighted by Crippen LogP contribution is 2.44. The first-order valence-electron chi connectivity index (χ1n) is 20.4. The zero-order chi connectivity index (χ0) is 42.5. The second-order valence-corrected chi connectivity index (χ2v) is 15.6. The predicted molar refractivity (Wildman–Crippen MR) is 243 cm³/mol. The predicted octanol–water partition coefficient (Wildman–Crippen LogP) is 9.50. The Morgan fingerprint density at radius 1 is 0.983 bits per heavy atom.